The predicted molar refractivity (Wildman–Crippen MR) is 165 cm³/mol. The second kappa shape index (κ2) is 11.5. The van der Waals surface area contributed by atoms with Crippen molar-refractivity contribution in [3.63, 3.8) is 0 Å². The molecule has 0 bridgehead atoms. The molecule has 14 nitrogen and oxygen atoms in total. The highest BCUT2D eigenvalue weighted by Crippen LogP contribution is 2.43. The number of hydrogen-bond donors (Lipinski definition) is 6. The van der Waals surface area contributed by atoms with Crippen LogP contribution in [-0.4, -0.2) is 18.1 Å². The van der Waals surface area contributed by atoms with Crippen molar-refractivity contribution < 1.29 is 18.1 Å². The minimum atomic E-state index is -4.79. The molecule has 5 aromatic rings. The number of benzene rings is 5. The first kappa shape index (κ1) is 28.6. The molecule has 0 saturated heterocycles. The van der Waals surface area contributed by atoms with E-state index in [1.165, 1.54) is 18.2 Å². The first-order valence-electron chi connectivity index (χ1n) is 12.4. The lowest BCUT2D eigenvalue weighted by atomic mass is 10.1. The van der Waals surface area contributed by atoms with Crippen molar-refractivity contribution in [3.05, 3.63) is 84.9 Å². The molecule has 0 heterocycles. The topological polar surface area (TPSA) is 253 Å². The van der Waals surface area contributed by atoms with Crippen LogP contribution in [0.25, 0.3) is 10.8 Å². The highest BCUT2D eigenvalue weighted by Gasteiger charge is 2.22. The van der Waals surface area contributed by atoms with Gasteiger partial charge in [0.1, 0.15) is 22.0 Å². The molecule has 0 spiro atoms. The summed E-state index contributed by atoms with van der Waals surface area (Å²) in [5.41, 5.74) is 26.4. The first-order chi connectivity index (χ1) is 20.5. The molecule has 43 heavy (non-hydrogen) atoms. The lowest BCUT2D eigenvalue weighted by molar-refractivity contribution is 0.472. The van der Waals surface area contributed by atoms with E-state index in [0.717, 1.165) is 0 Å². The molecule has 0 saturated carbocycles. The average Bonchev–Trinajstić information content (AvgIpc) is 2.96. The van der Waals surface area contributed by atoms with Gasteiger partial charge in [0.25, 0.3) is 10.1 Å². The number of aromatic hydroxyl groups is 1. The van der Waals surface area contributed by atoms with Gasteiger partial charge in [-0.1, -0.05) is 6.07 Å². The fraction of sp³-hybridized carbons (Fsp3) is 0. The Morgan fingerprint density at radius 3 is 1.56 bits per heavy atom. The monoisotopic (exact) mass is 596 g/mol. The van der Waals surface area contributed by atoms with Gasteiger partial charge in [0, 0.05) is 16.8 Å². The van der Waals surface area contributed by atoms with Crippen molar-refractivity contribution in [1.82, 2.24) is 0 Å². The molecule has 5 rings (SSSR count). The van der Waals surface area contributed by atoms with Gasteiger partial charge in [0.15, 0.2) is 5.75 Å². The van der Waals surface area contributed by atoms with Crippen molar-refractivity contribution >= 4 is 77.8 Å². The summed E-state index contributed by atoms with van der Waals surface area (Å²) in [6.45, 7) is 0. The van der Waals surface area contributed by atoms with Crippen LogP contribution < -0.4 is 22.9 Å². The summed E-state index contributed by atoms with van der Waals surface area (Å²) >= 11 is 0. The molecule has 0 fully saturated rings. The lowest BCUT2D eigenvalue weighted by Crippen LogP contribution is -1.99. The largest absolute Gasteiger partial charge is 0.505 e. The van der Waals surface area contributed by atoms with Crippen LogP contribution >= 0.6 is 0 Å². The third-order valence-corrected chi connectivity index (χ3v) is 6.95. The number of hydrogen-bond acceptors (Lipinski definition) is 13. The Morgan fingerprint density at radius 1 is 0.558 bits per heavy atom. The average molecular weight is 597 g/mol. The van der Waals surface area contributed by atoms with E-state index in [9.17, 15) is 18.1 Å². The zero-order valence-corrected chi connectivity index (χ0v) is 23.0. The number of nitrogen functional groups attached to an aromatic ring is 4. The second-order valence-corrected chi connectivity index (χ2v) is 10.6. The summed E-state index contributed by atoms with van der Waals surface area (Å²) in [6.07, 6.45) is 0. The maximum atomic E-state index is 12.2. The third kappa shape index (κ3) is 6.53. The Balaban J connectivity index is 1.45. The molecular formula is C28H24N10O4S. The van der Waals surface area contributed by atoms with Gasteiger partial charge in [-0.15, -0.1) is 15.3 Å². The van der Waals surface area contributed by atoms with Crippen molar-refractivity contribution in [2.75, 3.05) is 22.9 Å². The number of nitrogens with zero attached hydrogens (tertiary/aromatic N) is 6. The van der Waals surface area contributed by atoms with Crippen molar-refractivity contribution in [2.45, 2.75) is 4.90 Å². The van der Waals surface area contributed by atoms with Crippen LogP contribution in [0, 0.1) is 0 Å². The van der Waals surface area contributed by atoms with E-state index in [0.29, 0.717) is 56.6 Å². The molecule has 10 N–H and O–H groups in total. The molecule has 0 aliphatic heterocycles. The standard InChI is InChI=1S/C28H24N10O4S/c29-16-2-9-24(22(31)12-16)36-33-18-5-7-19(8-6-18)34-38-27-26(43(40,41)42)11-15-1-4-20(14-21(15)28(27)39)35-37-25-10-3-17(30)13-23(25)32/h1-14,39H,29-32H2,(H,40,41,42). The summed E-state index contributed by atoms with van der Waals surface area (Å²) in [5.74, 6) is -0.538. The number of phenols is 1. The summed E-state index contributed by atoms with van der Waals surface area (Å²) in [6, 6.07) is 21.6. The Bertz CT molecular complexity index is 2060. The van der Waals surface area contributed by atoms with Gasteiger partial charge < -0.3 is 28.0 Å². The molecule has 5 aromatic carbocycles. The van der Waals surface area contributed by atoms with Gasteiger partial charge in [-0.05, 0) is 84.2 Å². The molecule has 0 radical (unpaired) electrons. The van der Waals surface area contributed by atoms with Crippen molar-refractivity contribution in [1.29, 1.82) is 0 Å². The number of phenolic OH excluding ortho intramolecular Hbond substituents is 1. The maximum absolute atomic E-state index is 12.2. The summed E-state index contributed by atoms with van der Waals surface area (Å²) in [4.78, 5) is -0.628. The molecule has 0 unspecified atom stereocenters. The van der Waals surface area contributed by atoms with Crippen LogP contribution in [0.15, 0.2) is 121 Å². The van der Waals surface area contributed by atoms with Gasteiger partial charge in [-0.25, -0.2) is 0 Å². The second-order valence-electron chi connectivity index (χ2n) is 9.21. The van der Waals surface area contributed by atoms with Crippen LogP contribution in [0.3, 0.4) is 0 Å². The van der Waals surface area contributed by atoms with E-state index in [-0.39, 0.29) is 5.39 Å². The Labute approximate surface area is 244 Å². The number of nitrogens with two attached hydrogens (primary N) is 4. The van der Waals surface area contributed by atoms with E-state index in [1.54, 1.807) is 66.7 Å². The molecule has 0 aliphatic carbocycles. The van der Waals surface area contributed by atoms with Crippen LogP contribution in [0.4, 0.5) is 56.9 Å². The molecule has 0 aliphatic rings. The molecule has 216 valence electrons. The van der Waals surface area contributed by atoms with Gasteiger partial charge in [0.2, 0.25) is 0 Å². The van der Waals surface area contributed by atoms with Crippen LogP contribution in [0.5, 0.6) is 5.75 Å². The normalized spacial score (nSPS) is 12.2. The zero-order chi connectivity index (χ0) is 30.7. The van der Waals surface area contributed by atoms with Crippen LogP contribution in [0.2, 0.25) is 0 Å². The molecule has 0 amide bonds. The van der Waals surface area contributed by atoms with Gasteiger partial charge in [-0.2, -0.15) is 23.8 Å². The quantitative estimate of drug-likeness (QED) is 0.0626. The Hall–Kier alpha value is -5.93. The maximum Gasteiger partial charge on any atom is 0.296 e. The number of fused-ring (bicyclic) bond motifs is 1. The summed E-state index contributed by atoms with van der Waals surface area (Å²) < 4.78 is 34.2. The third-order valence-electron chi connectivity index (χ3n) is 6.08. The van der Waals surface area contributed by atoms with Crippen LogP contribution in [0.1, 0.15) is 0 Å². The van der Waals surface area contributed by atoms with Gasteiger partial charge in [-0.3, -0.25) is 4.55 Å². The molecular weight excluding hydrogens is 572 g/mol. The zero-order valence-electron chi connectivity index (χ0n) is 22.2. The number of anilines is 4. The van der Waals surface area contributed by atoms with E-state index < -0.39 is 26.5 Å². The van der Waals surface area contributed by atoms with Crippen LogP contribution in [-0.2, 0) is 10.1 Å². The smallest absolute Gasteiger partial charge is 0.296 e. The van der Waals surface area contributed by atoms with Crippen molar-refractivity contribution in [3.8, 4) is 5.75 Å². The van der Waals surface area contributed by atoms with Gasteiger partial charge in [0.05, 0.1) is 28.4 Å². The van der Waals surface area contributed by atoms with E-state index in [4.69, 9.17) is 22.9 Å². The fourth-order valence-electron chi connectivity index (χ4n) is 3.93. The molecule has 0 aromatic heterocycles. The predicted octanol–water partition coefficient (Wildman–Crippen LogP) is 7.37. The summed E-state index contributed by atoms with van der Waals surface area (Å²) in [7, 11) is -4.79. The summed E-state index contributed by atoms with van der Waals surface area (Å²) in [5, 5.41) is 36.0. The SMILES string of the molecule is Nc1ccc(N=Nc2ccc(N=Nc3c(S(=O)(=O)O)cc4ccc(N=Nc5ccc(N)cc5N)cc4c3O)cc2)c(N)c1. The van der Waals surface area contributed by atoms with Crippen molar-refractivity contribution in [2.24, 2.45) is 30.7 Å². The Kier molecular flexibility index (Phi) is 7.66. The van der Waals surface area contributed by atoms with E-state index in [2.05, 4.69) is 30.7 Å². The highest BCUT2D eigenvalue weighted by molar-refractivity contribution is 7.86. The minimum absolute atomic E-state index is 0.195. The number of azo groups is 3. The Morgan fingerprint density at radius 2 is 1.05 bits per heavy atom. The van der Waals surface area contributed by atoms with E-state index in [1.807, 2.05) is 0 Å². The first-order valence-corrected chi connectivity index (χ1v) is 13.8. The molecule has 0 atom stereocenters. The fourth-order valence-corrected chi connectivity index (χ4v) is 4.59. The van der Waals surface area contributed by atoms with E-state index >= 15 is 0 Å². The molecule has 15 heteroatoms. The highest BCUT2D eigenvalue weighted by atomic mass is 32.2. The lowest BCUT2D eigenvalue weighted by Gasteiger charge is -2.09. The minimum Gasteiger partial charge on any atom is -0.505 e. The number of rotatable bonds is 7. The van der Waals surface area contributed by atoms with Gasteiger partial charge >= 0.3 is 0 Å².